The van der Waals surface area contributed by atoms with E-state index in [0.29, 0.717) is 41.3 Å². The standard InChI is InChI=1S/C20H25Cl2NO3/c1-3-25-19-12-16(13-23-8-5-9-24-2)11-18(22)20(19)26-14-15-6-4-7-17(21)10-15/h4,6-7,10-12,23H,3,5,8-9,13-14H2,1-2H3. The van der Waals surface area contributed by atoms with Crippen molar-refractivity contribution < 1.29 is 14.2 Å². The van der Waals surface area contributed by atoms with Crippen LogP contribution in [-0.2, 0) is 17.9 Å². The molecule has 0 aromatic heterocycles. The number of benzene rings is 2. The third-order valence-electron chi connectivity index (χ3n) is 3.67. The maximum absolute atomic E-state index is 6.45. The first-order valence-electron chi connectivity index (χ1n) is 8.66. The Hall–Kier alpha value is -1.46. The van der Waals surface area contributed by atoms with Gasteiger partial charge in [-0.1, -0.05) is 35.3 Å². The molecular formula is C20H25Cl2NO3. The highest BCUT2D eigenvalue weighted by atomic mass is 35.5. The van der Waals surface area contributed by atoms with Crippen molar-refractivity contribution in [2.45, 2.75) is 26.5 Å². The average molecular weight is 398 g/mol. The summed E-state index contributed by atoms with van der Waals surface area (Å²) in [5.41, 5.74) is 2.02. The number of nitrogens with one attached hydrogen (secondary N) is 1. The highest BCUT2D eigenvalue weighted by molar-refractivity contribution is 6.32. The van der Waals surface area contributed by atoms with E-state index in [1.807, 2.05) is 43.3 Å². The second-order valence-electron chi connectivity index (χ2n) is 5.78. The molecule has 0 atom stereocenters. The fourth-order valence-electron chi connectivity index (χ4n) is 2.48. The van der Waals surface area contributed by atoms with E-state index in [2.05, 4.69) is 5.32 Å². The molecule has 2 rings (SSSR count). The van der Waals surface area contributed by atoms with Crippen molar-refractivity contribution in [2.24, 2.45) is 0 Å². The Balaban J connectivity index is 2.05. The SMILES string of the molecule is CCOc1cc(CNCCCOC)cc(Cl)c1OCc1cccc(Cl)c1. The van der Waals surface area contributed by atoms with E-state index in [1.165, 1.54) is 0 Å². The molecule has 0 bridgehead atoms. The first-order valence-corrected chi connectivity index (χ1v) is 9.41. The molecule has 1 N–H and O–H groups in total. The number of rotatable bonds is 11. The molecular weight excluding hydrogens is 373 g/mol. The molecule has 2 aromatic rings. The lowest BCUT2D eigenvalue weighted by Crippen LogP contribution is -2.16. The average Bonchev–Trinajstić information content (AvgIpc) is 2.61. The van der Waals surface area contributed by atoms with Gasteiger partial charge in [0.25, 0.3) is 0 Å². The molecule has 0 saturated carbocycles. The highest BCUT2D eigenvalue weighted by Gasteiger charge is 2.13. The van der Waals surface area contributed by atoms with Crippen LogP contribution in [0.3, 0.4) is 0 Å². The van der Waals surface area contributed by atoms with E-state index >= 15 is 0 Å². The molecule has 0 saturated heterocycles. The van der Waals surface area contributed by atoms with Gasteiger partial charge in [0.2, 0.25) is 0 Å². The second-order valence-corrected chi connectivity index (χ2v) is 6.62. The Bertz CT molecular complexity index is 695. The molecule has 26 heavy (non-hydrogen) atoms. The molecule has 0 amide bonds. The van der Waals surface area contributed by atoms with Crippen LogP contribution in [0.25, 0.3) is 0 Å². The molecule has 0 unspecified atom stereocenters. The number of hydrogen-bond acceptors (Lipinski definition) is 4. The normalized spacial score (nSPS) is 10.8. The largest absolute Gasteiger partial charge is 0.490 e. The summed E-state index contributed by atoms with van der Waals surface area (Å²) < 4.78 is 16.7. The van der Waals surface area contributed by atoms with Crippen LogP contribution in [0, 0.1) is 0 Å². The summed E-state index contributed by atoms with van der Waals surface area (Å²) in [7, 11) is 1.70. The fraction of sp³-hybridized carbons (Fsp3) is 0.400. The maximum atomic E-state index is 6.45. The Labute approximate surface area is 165 Å². The van der Waals surface area contributed by atoms with Crippen molar-refractivity contribution >= 4 is 23.2 Å². The summed E-state index contributed by atoms with van der Waals surface area (Å²) in [6.45, 7) is 5.17. The van der Waals surface area contributed by atoms with Gasteiger partial charge in [0.15, 0.2) is 11.5 Å². The van der Waals surface area contributed by atoms with Crippen molar-refractivity contribution in [2.75, 3.05) is 26.9 Å². The zero-order chi connectivity index (χ0) is 18.8. The lowest BCUT2D eigenvalue weighted by molar-refractivity contribution is 0.194. The molecule has 0 heterocycles. The third kappa shape index (κ3) is 6.69. The van der Waals surface area contributed by atoms with E-state index in [9.17, 15) is 0 Å². The van der Waals surface area contributed by atoms with Crippen molar-refractivity contribution in [3.8, 4) is 11.5 Å². The van der Waals surface area contributed by atoms with Crippen LogP contribution in [0.15, 0.2) is 36.4 Å². The summed E-state index contributed by atoms with van der Waals surface area (Å²) in [6, 6.07) is 11.4. The lowest BCUT2D eigenvalue weighted by atomic mass is 10.2. The van der Waals surface area contributed by atoms with Gasteiger partial charge in [-0.2, -0.15) is 0 Å². The van der Waals surface area contributed by atoms with E-state index in [4.69, 9.17) is 37.4 Å². The minimum atomic E-state index is 0.370. The van der Waals surface area contributed by atoms with Gasteiger partial charge in [0.05, 0.1) is 11.6 Å². The van der Waals surface area contributed by atoms with E-state index < -0.39 is 0 Å². The first-order chi connectivity index (χ1) is 12.6. The summed E-state index contributed by atoms with van der Waals surface area (Å²) >= 11 is 12.5. The van der Waals surface area contributed by atoms with Crippen LogP contribution in [0.4, 0.5) is 0 Å². The van der Waals surface area contributed by atoms with Crippen LogP contribution in [0.1, 0.15) is 24.5 Å². The van der Waals surface area contributed by atoms with Crippen molar-refractivity contribution in [1.82, 2.24) is 5.32 Å². The highest BCUT2D eigenvalue weighted by Crippen LogP contribution is 2.37. The van der Waals surface area contributed by atoms with Gasteiger partial charge in [-0.3, -0.25) is 0 Å². The number of hydrogen-bond donors (Lipinski definition) is 1. The van der Waals surface area contributed by atoms with Gasteiger partial charge in [0, 0.05) is 25.3 Å². The second kappa shape index (κ2) is 11.3. The minimum absolute atomic E-state index is 0.370. The summed E-state index contributed by atoms with van der Waals surface area (Å²) in [4.78, 5) is 0. The molecule has 0 spiro atoms. The molecule has 2 aromatic carbocycles. The van der Waals surface area contributed by atoms with Gasteiger partial charge >= 0.3 is 0 Å². The predicted octanol–water partition coefficient (Wildman–Crippen LogP) is 5.10. The van der Waals surface area contributed by atoms with Crippen LogP contribution < -0.4 is 14.8 Å². The molecule has 4 nitrogen and oxygen atoms in total. The monoisotopic (exact) mass is 397 g/mol. The predicted molar refractivity (Wildman–Crippen MR) is 107 cm³/mol. The smallest absolute Gasteiger partial charge is 0.180 e. The Morgan fingerprint density at radius 2 is 1.88 bits per heavy atom. The zero-order valence-electron chi connectivity index (χ0n) is 15.2. The van der Waals surface area contributed by atoms with Gasteiger partial charge < -0.3 is 19.5 Å². The van der Waals surface area contributed by atoms with Crippen LogP contribution >= 0.6 is 23.2 Å². The van der Waals surface area contributed by atoms with Crippen LogP contribution in [0.5, 0.6) is 11.5 Å². The zero-order valence-corrected chi connectivity index (χ0v) is 16.7. The van der Waals surface area contributed by atoms with E-state index in [0.717, 1.165) is 30.7 Å². The Morgan fingerprint density at radius 1 is 1.04 bits per heavy atom. The quantitative estimate of drug-likeness (QED) is 0.535. The number of ether oxygens (including phenoxy) is 3. The topological polar surface area (TPSA) is 39.7 Å². The van der Waals surface area contributed by atoms with Gasteiger partial charge in [-0.15, -0.1) is 0 Å². The number of halogens is 2. The fourth-order valence-corrected chi connectivity index (χ4v) is 2.98. The maximum Gasteiger partial charge on any atom is 0.180 e. The van der Waals surface area contributed by atoms with Crippen molar-refractivity contribution in [3.63, 3.8) is 0 Å². The van der Waals surface area contributed by atoms with Crippen molar-refractivity contribution in [3.05, 3.63) is 57.6 Å². The minimum Gasteiger partial charge on any atom is -0.490 e. The summed E-state index contributed by atoms with van der Waals surface area (Å²) in [5, 5.41) is 4.58. The first kappa shape index (κ1) is 20.8. The van der Waals surface area contributed by atoms with E-state index in [-0.39, 0.29) is 0 Å². The lowest BCUT2D eigenvalue weighted by Gasteiger charge is -2.16. The molecule has 0 fully saturated rings. The summed E-state index contributed by atoms with van der Waals surface area (Å²) in [5.74, 6) is 1.20. The van der Waals surface area contributed by atoms with E-state index in [1.54, 1.807) is 7.11 Å². The molecule has 0 radical (unpaired) electrons. The molecule has 0 aliphatic heterocycles. The van der Waals surface area contributed by atoms with Gasteiger partial charge in [-0.25, -0.2) is 0 Å². The molecule has 0 aliphatic rings. The third-order valence-corrected chi connectivity index (χ3v) is 4.19. The Kier molecular flexibility index (Phi) is 9.06. The van der Waals surface area contributed by atoms with Gasteiger partial charge in [0.1, 0.15) is 6.61 Å². The number of methoxy groups -OCH3 is 1. The molecule has 0 aliphatic carbocycles. The van der Waals surface area contributed by atoms with Gasteiger partial charge in [-0.05, 0) is 55.3 Å². The molecule has 6 heteroatoms. The summed E-state index contributed by atoms with van der Waals surface area (Å²) in [6.07, 6.45) is 0.962. The van der Waals surface area contributed by atoms with Crippen LogP contribution in [-0.4, -0.2) is 26.9 Å². The van der Waals surface area contributed by atoms with Crippen molar-refractivity contribution in [1.29, 1.82) is 0 Å². The van der Waals surface area contributed by atoms with Crippen LogP contribution in [0.2, 0.25) is 10.0 Å². The Morgan fingerprint density at radius 3 is 2.62 bits per heavy atom. The molecule has 142 valence electrons.